The number of hydrogen-bond acceptors (Lipinski definition) is 3. The lowest BCUT2D eigenvalue weighted by molar-refractivity contribution is -0.136. The first-order chi connectivity index (χ1) is 12.6. The fourth-order valence-corrected chi connectivity index (χ4v) is 1.90. The predicted molar refractivity (Wildman–Crippen MR) is 108 cm³/mol. The number of carbonyl (C=O) groups is 1. The topological polar surface area (TPSA) is 77.8 Å². The number of aliphatic hydroxyl groups excluding tert-OH is 2. The van der Waals surface area contributed by atoms with E-state index in [1.807, 2.05) is 12.2 Å². The summed E-state index contributed by atoms with van der Waals surface area (Å²) in [4.78, 5) is 10.3. The summed E-state index contributed by atoms with van der Waals surface area (Å²) in [6.07, 6.45) is 24.7. The number of carboxylic acids is 1. The molecule has 0 aromatic rings. The first-order valence-electron chi connectivity index (χ1n) is 9.10. The van der Waals surface area contributed by atoms with Crippen molar-refractivity contribution in [3.8, 4) is 0 Å². The third-order valence-electron chi connectivity index (χ3n) is 3.29. The number of aliphatic carboxylic acids is 1. The van der Waals surface area contributed by atoms with Gasteiger partial charge in [0.05, 0.1) is 12.2 Å². The van der Waals surface area contributed by atoms with Crippen molar-refractivity contribution in [2.45, 2.75) is 57.7 Å². The van der Waals surface area contributed by atoms with E-state index < -0.39 is 18.2 Å². The van der Waals surface area contributed by atoms with E-state index in [1.165, 1.54) is 0 Å². The van der Waals surface area contributed by atoms with Crippen molar-refractivity contribution in [2.75, 3.05) is 0 Å². The van der Waals surface area contributed by atoms with Gasteiger partial charge in [0, 0.05) is 6.42 Å². The van der Waals surface area contributed by atoms with Crippen molar-refractivity contribution in [1.82, 2.24) is 0 Å². The monoisotopic (exact) mass is 360 g/mol. The van der Waals surface area contributed by atoms with Crippen LogP contribution in [0.4, 0.5) is 0 Å². The maximum Gasteiger partial charge on any atom is 0.303 e. The van der Waals surface area contributed by atoms with Gasteiger partial charge in [0.1, 0.15) is 0 Å². The minimum absolute atomic E-state index is 0.106. The van der Waals surface area contributed by atoms with Crippen molar-refractivity contribution < 1.29 is 20.1 Å². The molecule has 144 valence electrons. The van der Waals surface area contributed by atoms with E-state index in [9.17, 15) is 15.0 Å². The van der Waals surface area contributed by atoms with Gasteiger partial charge in [-0.3, -0.25) is 4.79 Å². The van der Waals surface area contributed by atoms with Gasteiger partial charge in [-0.05, 0) is 32.1 Å². The minimum Gasteiger partial charge on any atom is -0.481 e. The number of allylic oxidation sites excluding steroid dienone is 8. The van der Waals surface area contributed by atoms with Crippen molar-refractivity contribution in [3.63, 3.8) is 0 Å². The molecule has 0 saturated heterocycles. The molecule has 0 heterocycles. The van der Waals surface area contributed by atoms with Crippen molar-refractivity contribution in [3.05, 3.63) is 72.9 Å². The maximum absolute atomic E-state index is 10.3. The molecule has 0 radical (unpaired) electrons. The molecule has 0 amide bonds. The molecule has 0 aliphatic rings. The summed E-state index contributed by atoms with van der Waals surface area (Å²) in [7, 11) is 0. The second kappa shape index (κ2) is 17.6. The van der Waals surface area contributed by atoms with E-state index in [2.05, 4.69) is 19.1 Å². The van der Waals surface area contributed by atoms with Crippen molar-refractivity contribution in [2.24, 2.45) is 0 Å². The fourth-order valence-electron chi connectivity index (χ4n) is 1.90. The first kappa shape index (κ1) is 23.8. The zero-order valence-corrected chi connectivity index (χ0v) is 15.6. The quantitative estimate of drug-likeness (QED) is 0.315. The van der Waals surface area contributed by atoms with Gasteiger partial charge in [-0.25, -0.2) is 0 Å². The first-order valence-corrected chi connectivity index (χ1v) is 9.10. The highest BCUT2D eigenvalue weighted by Gasteiger charge is 1.95. The van der Waals surface area contributed by atoms with E-state index in [-0.39, 0.29) is 6.42 Å². The highest BCUT2D eigenvalue weighted by Crippen LogP contribution is 2.00. The SMILES string of the molecule is CC/C=C\C/C=C\C[C@H](O)/C=C/C=C/C=C/[C@H](O)C/C=C\CCC(=O)O. The Labute approximate surface area is 157 Å². The molecule has 0 unspecified atom stereocenters. The third-order valence-corrected chi connectivity index (χ3v) is 3.29. The predicted octanol–water partition coefficient (Wildman–Crippen LogP) is 4.49. The van der Waals surface area contributed by atoms with Crippen LogP contribution in [0.1, 0.15) is 45.4 Å². The van der Waals surface area contributed by atoms with Crippen LogP contribution < -0.4 is 0 Å². The summed E-state index contributed by atoms with van der Waals surface area (Å²) in [6, 6.07) is 0. The molecule has 2 atom stereocenters. The molecule has 0 aliphatic heterocycles. The molecule has 0 rings (SSSR count). The molecule has 0 saturated carbocycles. The van der Waals surface area contributed by atoms with Crippen LogP contribution in [-0.2, 0) is 4.79 Å². The van der Waals surface area contributed by atoms with Gasteiger partial charge in [-0.15, -0.1) is 0 Å². The minimum atomic E-state index is -0.821. The van der Waals surface area contributed by atoms with E-state index in [0.29, 0.717) is 19.3 Å². The molecular formula is C22H32O4. The summed E-state index contributed by atoms with van der Waals surface area (Å²) in [5.41, 5.74) is 0. The Kier molecular flexibility index (Phi) is 16.2. The average molecular weight is 360 g/mol. The van der Waals surface area contributed by atoms with Gasteiger partial charge >= 0.3 is 5.97 Å². The summed E-state index contributed by atoms with van der Waals surface area (Å²) in [5, 5.41) is 28.0. The molecule has 3 N–H and O–H groups in total. The van der Waals surface area contributed by atoms with Crippen LogP contribution in [0, 0.1) is 0 Å². The summed E-state index contributed by atoms with van der Waals surface area (Å²) in [6.45, 7) is 2.10. The summed E-state index contributed by atoms with van der Waals surface area (Å²) < 4.78 is 0. The summed E-state index contributed by atoms with van der Waals surface area (Å²) >= 11 is 0. The van der Waals surface area contributed by atoms with Crippen LogP contribution >= 0.6 is 0 Å². The van der Waals surface area contributed by atoms with Crippen LogP contribution in [-0.4, -0.2) is 33.5 Å². The zero-order chi connectivity index (χ0) is 19.5. The number of aliphatic hydroxyl groups is 2. The number of hydrogen-bond donors (Lipinski definition) is 3. The second-order valence-electron chi connectivity index (χ2n) is 5.75. The molecule has 4 heteroatoms. The molecule has 0 fully saturated rings. The molecule has 0 spiro atoms. The van der Waals surface area contributed by atoms with Crippen LogP contribution in [0.5, 0.6) is 0 Å². The lowest BCUT2D eigenvalue weighted by atomic mass is 10.2. The fraction of sp³-hybridized carbons (Fsp3) is 0.409. The van der Waals surface area contributed by atoms with Gasteiger partial charge in [0.2, 0.25) is 0 Å². The Bertz CT molecular complexity index is 524. The Balaban J connectivity index is 3.91. The zero-order valence-electron chi connectivity index (χ0n) is 15.6. The molecule has 0 aromatic carbocycles. The van der Waals surface area contributed by atoms with Gasteiger partial charge in [-0.2, -0.15) is 0 Å². The molecular weight excluding hydrogens is 328 g/mol. The van der Waals surface area contributed by atoms with Crippen LogP contribution in [0.15, 0.2) is 72.9 Å². The largest absolute Gasteiger partial charge is 0.481 e. The maximum atomic E-state index is 10.3. The van der Waals surface area contributed by atoms with Gasteiger partial charge in [0.25, 0.3) is 0 Å². The van der Waals surface area contributed by atoms with E-state index in [4.69, 9.17) is 5.11 Å². The van der Waals surface area contributed by atoms with E-state index in [1.54, 1.807) is 48.6 Å². The Morgan fingerprint density at radius 3 is 1.88 bits per heavy atom. The Hall–Kier alpha value is -2.17. The highest BCUT2D eigenvalue weighted by molar-refractivity contribution is 5.66. The lowest BCUT2D eigenvalue weighted by Crippen LogP contribution is -1.99. The average Bonchev–Trinajstić information content (AvgIpc) is 2.60. The van der Waals surface area contributed by atoms with Gasteiger partial charge in [-0.1, -0.05) is 79.8 Å². The third kappa shape index (κ3) is 18.2. The van der Waals surface area contributed by atoms with Crippen molar-refractivity contribution >= 4 is 5.97 Å². The highest BCUT2D eigenvalue weighted by atomic mass is 16.4. The molecule has 0 aliphatic carbocycles. The standard InChI is InChI=1S/C22H32O4/c1-2-3-4-5-6-10-15-20(23)16-11-7-8-12-17-21(24)18-13-9-14-19-22(25)26/h3-4,6-13,16-17,20-21,23-24H,2,5,14-15,18-19H2,1H3,(H,25,26)/b4-3-,8-7+,10-6-,13-9-,16-11+,17-12+/t20-,21-/m0/s1. The molecule has 26 heavy (non-hydrogen) atoms. The van der Waals surface area contributed by atoms with Crippen molar-refractivity contribution in [1.29, 1.82) is 0 Å². The number of carboxylic acid groups (broad SMARTS) is 1. The summed E-state index contributed by atoms with van der Waals surface area (Å²) in [5.74, 6) is -0.821. The van der Waals surface area contributed by atoms with Gasteiger partial charge in [0.15, 0.2) is 0 Å². The van der Waals surface area contributed by atoms with Gasteiger partial charge < -0.3 is 15.3 Å². The van der Waals surface area contributed by atoms with Crippen LogP contribution in [0.2, 0.25) is 0 Å². The smallest absolute Gasteiger partial charge is 0.303 e. The molecule has 0 bridgehead atoms. The Morgan fingerprint density at radius 2 is 1.35 bits per heavy atom. The normalized spacial score (nSPS) is 15.5. The number of rotatable bonds is 14. The molecule has 0 aromatic heterocycles. The lowest BCUT2D eigenvalue weighted by Gasteiger charge is -1.99. The van der Waals surface area contributed by atoms with E-state index in [0.717, 1.165) is 12.8 Å². The van der Waals surface area contributed by atoms with E-state index >= 15 is 0 Å². The van der Waals surface area contributed by atoms with Crippen LogP contribution in [0.3, 0.4) is 0 Å². The molecule has 4 nitrogen and oxygen atoms in total. The second-order valence-corrected chi connectivity index (χ2v) is 5.75. The Morgan fingerprint density at radius 1 is 0.808 bits per heavy atom. The van der Waals surface area contributed by atoms with Crippen LogP contribution in [0.25, 0.3) is 0 Å².